The molecule has 1 heterocycles. The lowest BCUT2D eigenvalue weighted by Crippen LogP contribution is -2.00. The predicted octanol–water partition coefficient (Wildman–Crippen LogP) is 2.74. The maximum absolute atomic E-state index is 5.64. The van der Waals surface area contributed by atoms with Gasteiger partial charge in [-0.2, -0.15) is 0 Å². The molecule has 0 aromatic heterocycles. The summed E-state index contributed by atoms with van der Waals surface area (Å²) in [5.74, 6) is 0. The average molecular weight is 161 g/mol. The lowest BCUT2D eigenvalue weighted by molar-refractivity contribution is 0.0696. The molecule has 1 heteroatoms. The number of hydrogen-bond donors (Lipinski definition) is 0. The summed E-state index contributed by atoms with van der Waals surface area (Å²) < 4.78 is 5.64. The lowest BCUT2D eigenvalue weighted by Gasteiger charge is -2.10. The van der Waals surface area contributed by atoms with E-state index in [9.17, 15) is 0 Å². The Morgan fingerprint density at radius 2 is 1.92 bits per heavy atom. The topological polar surface area (TPSA) is 9.23 Å². The summed E-state index contributed by atoms with van der Waals surface area (Å²) in [5, 5.41) is 0. The van der Waals surface area contributed by atoms with Crippen LogP contribution in [-0.4, -0.2) is 6.10 Å². The van der Waals surface area contributed by atoms with Gasteiger partial charge in [-0.25, -0.2) is 0 Å². The molecule has 12 heavy (non-hydrogen) atoms. The Kier molecular flexibility index (Phi) is 2.13. The molecule has 2 unspecified atom stereocenters. The van der Waals surface area contributed by atoms with Crippen LogP contribution in [0.5, 0.6) is 0 Å². The van der Waals surface area contributed by atoms with Gasteiger partial charge in [0.2, 0.25) is 0 Å². The Morgan fingerprint density at radius 1 is 1.17 bits per heavy atom. The molecule has 63 valence electrons. The van der Waals surface area contributed by atoms with Crippen LogP contribution in [0.4, 0.5) is 0 Å². The van der Waals surface area contributed by atoms with Crippen LogP contribution in [0.2, 0.25) is 0 Å². The van der Waals surface area contributed by atoms with E-state index in [4.69, 9.17) is 4.74 Å². The second-order valence-electron chi connectivity index (χ2n) is 3.23. The third-order valence-corrected chi connectivity index (χ3v) is 2.28. The summed E-state index contributed by atoms with van der Waals surface area (Å²) in [4.78, 5) is 0. The van der Waals surface area contributed by atoms with Crippen LogP contribution in [0.25, 0.3) is 0 Å². The molecule has 1 aromatic rings. The summed E-state index contributed by atoms with van der Waals surface area (Å²) in [6, 6.07) is 10.4. The van der Waals surface area contributed by atoms with Gasteiger partial charge in [0.1, 0.15) is 0 Å². The molecule has 2 rings (SSSR count). The first-order chi connectivity index (χ1) is 5.86. The summed E-state index contributed by atoms with van der Waals surface area (Å²) in [6.45, 7) is 3.89. The molecule has 1 saturated heterocycles. The van der Waals surface area contributed by atoms with Gasteiger partial charge in [0.15, 0.2) is 0 Å². The van der Waals surface area contributed by atoms with Crippen molar-refractivity contribution in [1.82, 2.24) is 0 Å². The second kappa shape index (κ2) is 3.28. The second-order valence-corrected chi connectivity index (χ2v) is 3.23. The van der Waals surface area contributed by atoms with Crippen molar-refractivity contribution in [2.45, 2.75) is 25.0 Å². The first-order valence-electron chi connectivity index (χ1n) is 4.40. The third-order valence-electron chi connectivity index (χ3n) is 2.28. The fraction of sp³-hybridized carbons (Fsp3) is 0.364. The van der Waals surface area contributed by atoms with Gasteiger partial charge in [-0.1, -0.05) is 30.3 Å². The molecule has 1 fully saturated rings. The van der Waals surface area contributed by atoms with Crippen LogP contribution < -0.4 is 0 Å². The summed E-state index contributed by atoms with van der Waals surface area (Å²) in [5.41, 5.74) is 1.28. The highest BCUT2D eigenvalue weighted by atomic mass is 16.5. The Morgan fingerprint density at radius 3 is 2.50 bits per heavy atom. The molecule has 1 aliphatic rings. The molecule has 1 aliphatic heterocycles. The number of ether oxygens (including phenoxy) is 1. The summed E-state index contributed by atoms with van der Waals surface area (Å²) in [6.07, 6.45) is 2.67. The molecule has 2 atom stereocenters. The molecule has 0 N–H and O–H groups in total. The van der Waals surface area contributed by atoms with Crippen LogP contribution in [0.1, 0.15) is 24.5 Å². The van der Waals surface area contributed by atoms with Crippen molar-refractivity contribution in [3.05, 3.63) is 42.8 Å². The highest BCUT2D eigenvalue weighted by molar-refractivity contribution is 5.18. The highest BCUT2D eigenvalue weighted by Crippen LogP contribution is 2.31. The van der Waals surface area contributed by atoms with Crippen molar-refractivity contribution < 1.29 is 4.74 Å². The monoisotopic (exact) mass is 161 g/mol. The van der Waals surface area contributed by atoms with Gasteiger partial charge in [-0.3, -0.25) is 0 Å². The minimum absolute atomic E-state index is 0.190. The molecule has 0 saturated carbocycles. The van der Waals surface area contributed by atoms with E-state index in [1.54, 1.807) is 0 Å². The number of rotatable bonds is 1. The minimum atomic E-state index is 0.190. The van der Waals surface area contributed by atoms with E-state index in [0.717, 1.165) is 12.8 Å². The first-order valence-corrected chi connectivity index (χ1v) is 4.40. The predicted molar refractivity (Wildman–Crippen MR) is 48.6 cm³/mol. The van der Waals surface area contributed by atoms with Gasteiger partial charge in [-0.15, -0.1) is 0 Å². The van der Waals surface area contributed by atoms with Crippen LogP contribution in [-0.2, 0) is 4.74 Å². The van der Waals surface area contributed by atoms with Crippen LogP contribution in [0.3, 0.4) is 0 Å². The molecule has 0 amide bonds. The Balaban J connectivity index is 2.11. The molecular weight excluding hydrogens is 148 g/mol. The molecular formula is C11H13O. The van der Waals surface area contributed by atoms with E-state index in [-0.39, 0.29) is 12.2 Å². The van der Waals surface area contributed by atoms with E-state index in [0.29, 0.717) is 0 Å². The maximum atomic E-state index is 5.64. The van der Waals surface area contributed by atoms with Gasteiger partial charge in [0.05, 0.1) is 12.2 Å². The van der Waals surface area contributed by atoms with Gasteiger partial charge in [-0.05, 0) is 25.3 Å². The Labute approximate surface area is 73.4 Å². The molecule has 1 nitrogen and oxygen atoms in total. The zero-order valence-electron chi connectivity index (χ0n) is 7.07. The smallest absolute Gasteiger partial charge is 0.0829 e. The maximum Gasteiger partial charge on any atom is 0.0829 e. The summed E-state index contributed by atoms with van der Waals surface area (Å²) >= 11 is 0. The molecule has 1 aromatic carbocycles. The zero-order chi connectivity index (χ0) is 8.39. The van der Waals surface area contributed by atoms with Gasteiger partial charge in [0, 0.05) is 0 Å². The molecule has 1 radical (unpaired) electrons. The number of hydrogen-bond acceptors (Lipinski definition) is 1. The van der Waals surface area contributed by atoms with Gasteiger partial charge in [0.25, 0.3) is 0 Å². The first kappa shape index (κ1) is 7.81. The standard InChI is InChI=1S/C11H13O/c1-9-7-8-11(12-9)10-5-3-2-4-6-10/h2-6,9,11H,1,7-8H2. The van der Waals surface area contributed by atoms with E-state index in [1.165, 1.54) is 5.56 Å². The molecule has 0 aliphatic carbocycles. The SMILES string of the molecule is [CH2]C1CCC(c2ccccc2)O1. The summed E-state index contributed by atoms with van der Waals surface area (Å²) in [7, 11) is 0. The highest BCUT2D eigenvalue weighted by Gasteiger charge is 2.22. The number of benzene rings is 1. The zero-order valence-corrected chi connectivity index (χ0v) is 7.07. The van der Waals surface area contributed by atoms with E-state index in [2.05, 4.69) is 31.2 Å². The van der Waals surface area contributed by atoms with Crippen molar-refractivity contribution >= 4 is 0 Å². The molecule has 0 spiro atoms. The normalized spacial score (nSPS) is 29.1. The van der Waals surface area contributed by atoms with Crippen molar-refractivity contribution in [2.75, 3.05) is 0 Å². The van der Waals surface area contributed by atoms with E-state index in [1.807, 2.05) is 6.07 Å². The van der Waals surface area contributed by atoms with Gasteiger partial charge >= 0.3 is 0 Å². The van der Waals surface area contributed by atoms with E-state index < -0.39 is 0 Å². The fourth-order valence-corrected chi connectivity index (χ4v) is 1.62. The van der Waals surface area contributed by atoms with Crippen LogP contribution >= 0.6 is 0 Å². The van der Waals surface area contributed by atoms with Crippen molar-refractivity contribution in [1.29, 1.82) is 0 Å². The largest absolute Gasteiger partial charge is 0.370 e. The van der Waals surface area contributed by atoms with E-state index >= 15 is 0 Å². The van der Waals surface area contributed by atoms with Crippen molar-refractivity contribution in [3.63, 3.8) is 0 Å². The van der Waals surface area contributed by atoms with Crippen molar-refractivity contribution in [2.24, 2.45) is 0 Å². The average Bonchev–Trinajstić information content (AvgIpc) is 2.54. The lowest BCUT2D eigenvalue weighted by atomic mass is 10.1. The quantitative estimate of drug-likeness (QED) is 0.615. The van der Waals surface area contributed by atoms with Crippen molar-refractivity contribution in [3.8, 4) is 0 Å². The van der Waals surface area contributed by atoms with Crippen LogP contribution in [0, 0.1) is 6.92 Å². The minimum Gasteiger partial charge on any atom is -0.370 e. The van der Waals surface area contributed by atoms with Gasteiger partial charge < -0.3 is 4.74 Å². The Bertz CT molecular complexity index is 242. The molecule has 0 bridgehead atoms. The van der Waals surface area contributed by atoms with Crippen LogP contribution in [0.15, 0.2) is 30.3 Å². The third kappa shape index (κ3) is 1.51. The fourth-order valence-electron chi connectivity index (χ4n) is 1.62. The Hall–Kier alpha value is -0.820.